The average Bonchev–Trinajstić information content (AvgIpc) is 2.74. The van der Waals surface area contributed by atoms with Crippen LogP contribution in [0.4, 0.5) is 0 Å². The minimum absolute atomic E-state index is 0.145. The van der Waals surface area contributed by atoms with Gasteiger partial charge in [0.05, 0.1) is 18.3 Å². The number of carbonyl (C=O) groups excluding carboxylic acids is 2. The summed E-state index contributed by atoms with van der Waals surface area (Å²) >= 11 is 0. The molecule has 0 aliphatic carbocycles. The Labute approximate surface area is 171 Å². The summed E-state index contributed by atoms with van der Waals surface area (Å²) in [6, 6.07) is 8.75. The third-order valence-corrected chi connectivity index (χ3v) is 4.92. The van der Waals surface area contributed by atoms with Crippen LogP contribution < -0.4 is 10.9 Å². The van der Waals surface area contributed by atoms with Crippen molar-refractivity contribution < 1.29 is 24.2 Å². The highest BCUT2D eigenvalue weighted by molar-refractivity contribution is 5.86. The third kappa shape index (κ3) is 4.54. The number of ether oxygens (including phenoxy) is 1. The van der Waals surface area contributed by atoms with Crippen molar-refractivity contribution in [1.82, 2.24) is 20.2 Å². The maximum Gasteiger partial charge on any atom is 0.290 e. The van der Waals surface area contributed by atoms with Crippen molar-refractivity contribution in [3.05, 3.63) is 63.3 Å². The van der Waals surface area contributed by atoms with E-state index in [0.29, 0.717) is 30.0 Å². The molecule has 2 aliphatic heterocycles. The van der Waals surface area contributed by atoms with Crippen LogP contribution in [0.3, 0.4) is 0 Å². The zero-order valence-electron chi connectivity index (χ0n) is 16.3. The Balaban J connectivity index is 0.000000806. The molecule has 3 heterocycles. The van der Waals surface area contributed by atoms with E-state index in [1.54, 1.807) is 11.8 Å². The van der Waals surface area contributed by atoms with Crippen molar-refractivity contribution in [3.8, 4) is 0 Å². The monoisotopic (exact) mass is 414 g/mol. The largest absolute Gasteiger partial charge is 0.483 e. The fraction of sp³-hybridized carbons (Fsp3) is 0.350. The second kappa shape index (κ2) is 9.31. The number of amides is 2. The van der Waals surface area contributed by atoms with E-state index in [2.05, 4.69) is 15.3 Å². The van der Waals surface area contributed by atoms with Gasteiger partial charge in [0, 0.05) is 12.1 Å². The average molecular weight is 414 g/mol. The van der Waals surface area contributed by atoms with Crippen LogP contribution in [-0.2, 0) is 32.1 Å². The highest BCUT2D eigenvalue weighted by Gasteiger charge is 2.39. The van der Waals surface area contributed by atoms with Crippen LogP contribution in [0.1, 0.15) is 28.7 Å². The van der Waals surface area contributed by atoms with Gasteiger partial charge in [-0.1, -0.05) is 30.3 Å². The molecule has 1 saturated heterocycles. The fourth-order valence-corrected chi connectivity index (χ4v) is 3.62. The first-order valence-corrected chi connectivity index (χ1v) is 9.35. The molecule has 2 atom stereocenters. The molecule has 1 aromatic heterocycles. The second-order valence-corrected chi connectivity index (χ2v) is 6.88. The molecule has 158 valence electrons. The van der Waals surface area contributed by atoms with E-state index in [1.165, 1.54) is 0 Å². The van der Waals surface area contributed by atoms with Crippen LogP contribution in [0.5, 0.6) is 0 Å². The van der Waals surface area contributed by atoms with Crippen molar-refractivity contribution in [3.63, 3.8) is 0 Å². The molecule has 2 aliphatic rings. The maximum absolute atomic E-state index is 13.2. The number of aromatic nitrogens is 2. The van der Waals surface area contributed by atoms with Gasteiger partial charge in [0.25, 0.3) is 17.9 Å². The van der Waals surface area contributed by atoms with Crippen molar-refractivity contribution in [2.45, 2.75) is 32.0 Å². The van der Waals surface area contributed by atoms with Crippen molar-refractivity contribution >= 4 is 18.3 Å². The Bertz CT molecular complexity index is 991. The Morgan fingerprint density at radius 2 is 2.00 bits per heavy atom. The number of fused-ring (bicyclic) bond motifs is 1. The summed E-state index contributed by atoms with van der Waals surface area (Å²) in [6.07, 6.45) is -0.367. The molecule has 1 fully saturated rings. The minimum atomic E-state index is -0.810. The van der Waals surface area contributed by atoms with E-state index in [-0.39, 0.29) is 37.0 Å². The molecule has 2 amide bonds. The van der Waals surface area contributed by atoms with E-state index in [9.17, 15) is 14.4 Å². The number of nitrogens with zero attached hydrogens (tertiary/aromatic N) is 2. The zero-order valence-corrected chi connectivity index (χ0v) is 16.3. The maximum atomic E-state index is 13.2. The van der Waals surface area contributed by atoms with Crippen molar-refractivity contribution in [2.75, 3.05) is 13.2 Å². The number of aromatic amines is 1. The quantitative estimate of drug-likeness (QED) is 0.584. The first-order chi connectivity index (χ1) is 14.4. The summed E-state index contributed by atoms with van der Waals surface area (Å²) in [7, 11) is 0. The van der Waals surface area contributed by atoms with Gasteiger partial charge in [0.15, 0.2) is 6.10 Å². The lowest BCUT2D eigenvalue weighted by atomic mass is 9.97. The molecule has 0 spiro atoms. The number of H-pyrrole nitrogens is 1. The number of carboxylic acid groups (broad SMARTS) is 1. The van der Waals surface area contributed by atoms with Gasteiger partial charge < -0.3 is 25.0 Å². The van der Waals surface area contributed by atoms with Gasteiger partial charge in [-0.15, -0.1) is 0 Å². The number of nitrogens with one attached hydrogen (secondary N) is 2. The first-order valence-electron chi connectivity index (χ1n) is 9.35. The molecule has 0 radical (unpaired) electrons. The Kier molecular flexibility index (Phi) is 6.58. The molecule has 3 N–H and O–H groups in total. The van der Waals surface area contributed by atoms with Crippen LogP contribution in [0, 0.1) is 6.92 Å². The molecule has 0 bridgehead atoms. The van der Waals surface area contributed by atoms with Gasteiger partial charge in [-0.3, -0.25) is 19.2 Å². The Morgan fingerprint density at radius 1 is 1.30 bits per heavy atom. The zero-order chi connectivity index (χ0) is 21.7. The topological polar surface area (TPSA) is 142 Å². The number of aryl methyl sites for hydroxylation is 1. The number of hydrogen-bond acceptors (Lipinski definition) is 6. The number of hydrogen-bond donors (Lipinski definition) is 3. The number of benzene rings is 1. The van der Waals surface area contributed by atoms with Gasteiger partial charge in [-0.25, -0.2) is 4.98 Å². The van der Waals surface area contributed by atoms with Crippen LogP contribution in [0.2, 0.25) is 0 Å². The lowest BCUT2D eigenvalue weighted by Gasteiger charge is -2.36. The lowest BCUT2D eigenvalue weighted by molar-refractivity contribution is -0.156. The number of morpholine rings is 1. The smallest absolute Gasteiger partial charge is 0.290 e. The summed E-state index contributed by atoms with van der Waals surface area (Å²) < 4.78 is 5.62. The summed E-state index contributed by atoms with van der Waals surface area (Å²) in [5.41, 5.74) is 1.91. The molecule has 30 heavy (non-hydrogen) atoms. The number of rotatable bonds is 2. The van der Waals surface area contributed by atoms with E-state index in [4.69, 9.17) is 14.6 Å². The molecule has 10 nitrogen and oxygen atoms in total. The molecule has 0 unspecified atom stereocenters. The van der Waals surface area contributed by atoms with E-state index in [1.807, 2.05) is 30.3 Å². The van der Waals surface area contributed by atoms with Crippen molar-refractivity contribution in [2.24, 2.45) is 0 Å². The SMILES string of the molecule is Cc1nc2c(c(=O)[nH]1)CCN(C(=O)[C@H]1OCC(=O)N[C@@H]1c1ccccc1)C2.O=CO. The lowest BCUT2D eigenvalue weighted by Crippen LogP contribution is -2.54. The van der Waals surface area contributed by atoms with Gasteiger partial charge in [-0.2, -0.15) is 0 Å². The van der Waals surface area contributed by atoms with Gasteiger partial charge in [-0.05, 0) is 18.9 Å². The minimum Gasteiger partial charge on any atom is -0.483 e. The summed E-state index contributed by atoms with van der Waals surface area (Å²) in [5.74, 6) is 0.0614. The molecule has 2 aromatic rings. The first kappa shape index (κ1) is 21.2. The molecular formula is C20H22N4O6. The third-order valence-electron chi connectivity index (χ3n) is 4.92. The predicted octanol–water partition coefficient (Wildman–Crippen LogP) is -0.0799. The molecule has 1 aromatic carbocycles. The highest BCUT2D eigenvalue weighted by atomic mass is 16.5. The molecule has 4 rings (SSSR count). The standard InChI is InChI=1S/C19H20N4O4.CH2O2/c1-11-20-14-9-23(8-7-13(14)18(25)21-11)19(26)17-16(22-15(24)10-27-17)12-5-3-2-4-6-12;2-1-3/h2-6,16-17H,7-10H2,1H3,(H,22,24)(H,20,21,25);1H,(H,2,3)/t16-,17+;/m1./s1. The summed E-state index contributed by atoms with van der Waals surface area (Å²) in [5, 5.41) is 9.75. The Hall–Kier alpha value is -3.53. The van der Waals surface area contributed by atoms with Crippen LogP contribution in [0.25, 0.3) is 0 Å². The second-order valence-electron chi connectivity index (χ2n) is 6.88. The molecular weight excluding hydrogens is 392 g/mol. The van der Waals surface area contributed by atoms with Gasteiger partial charge in [0.1, 0.15) is 12.4 Å². The van der Waals surface area contributed by atoms with E-state index < -0.39 is 12.1 Å². The number of carbonyl (C=O) groups is 3. The fourth-order valence-electron chi connectivity index (χ4n) is 3.62. The molecule has 10 heteroatoms. The normalized spacial score (nSPS) is 20.3. The highest BCUT2D eigenvalue weighted by Crippen LogP contribution is 2.25. The van der Waals surface area contributed by atoms with E-state index >= 15 is 0 Å². The molecule has 0 saturated carbocycles. The predicted molar refractivity (Wildman–Crippen MR) is 104 cm³/mol. The summed E-state index contributed by atoms with van der Waals surface area (Å²) in [4.78, 5) is 54.1. The van der Waals surface area contributed by atoms with Gasteiger partial charge in [0.2, 0.25) is 5.91 Å². The van der Waals surface area contributed by atoms with Crippen LogP contribution >= 0.6 is 0 Å². The van der Waals surface area contributed by atoms with Crippen LogP contribution in [0.15, 0.2) is 35.1 Å². The van der Waals surface area contributed by atoms with Crippen molar-refractivity contribution in [1.29, 1.82) is 0 Å². The van der Waals surface area contributed by atoms with Gasteiger partial charge >= 0.3 is 0 Å². The summed E-state index contributed by atoms with van der Waals surface area (Å²) in [6.45, 7) is 1.98. The van der Waals surface area contributed by atoms with Crippen LogP contribution in [-0.4, -0.2) is 57.5 Å². The van der Waals surface area contributed by atoms with E-state index in [0.717, 1.165) is 5.56 Å². The Morgan fingerprint density at radius 3 is 2.70 bits per heavy atom.